The molecule has 1 amide bonds. The number of hydrogen-bond acceptors (Lipinski definition) is 4. The van der Waals surface area contributed by atoms with E-state index >= 15 is 0 Å². The number of anilines is 1. The van der Waals surface area contributed by atoms with Gasteiger partial charge in [-0.3, -0.25) is 4.79 Å². The lowest BCUT2D eigenvalue weighted by molar-refractivity contribution is 0.102. The van der Waals surface area contributed by atoms with E-state index in [0.717, 1.165) is 24.8 Å². The van der Waals surface area contributed by atoms with Crippen LogP contribution in [0.25, 0.3) is 0 Å². The first-order valence-corrected chi connectivity index (χ1v) is 10.7. The number of ether oxygens (including phenoxy) is 1. The van der Waals surface area contributed by atoms with Gasteiger partial charge in [0, 0.05) is 10.4 Å². The van der Waals surface area contributed by atoms with Crippen LogP contribution in [0.1, 0.15) is 60.5 Å². The highest BCUT2D eigenvalue weighted by atomic mass is 35.5. The molecule has 0 spiro atoms. The van der Waals surface area contributed by atoms with Crippen LogP contribution < -0.4 is 10.1 Å². The number of thiophene rings is 1. The molecule has 1 aromatic heterocycles. The van der Waals surface area contributed by atoms with E-state index in [1.54, 1.807) is 18.2 Å². The number of nitriles is 1. The SMILES string of the molecule is CCOc1ccc(C(=O)Nc2sc3c(c2C#N)CCC(C(C)(C)C)C3)cc1Cl. The maximum atomic E-state index is 12.7. The van der Waals surface area contributed by atoms with Crippen molar-refractivity contribution < 1.29 is 9.53 Å². The minimum atomic E-state index is -0.271. The number of halogens is 1. The number of amides is 1. The third-order valence-electron chi connectivity index (χ3n) is 5.32. The van der Waals surface area contributed by atoms with Crippen molar-refractivity contribution in [2.24, 2.45) is 11.3 Å². The van der Waals surface area contributed by atoms with E-state index in [1.165, 1.54) is 16.2 Å². The van der Waals surface area contributed by atoms with Gasteiger partial charge in [-0.05, 0) is 61.3 Å². The van der Waals surface area contributed by atoms with Crippen LogP contribution in [-0.2, 0) is 12.8 Å². The molecule has 28 heavy (non-hydrogen) atoms. The third-order valence-corrected chi connectivity index (χ3v) is 6.79. The maximum Gasteiger partial charge on any atom is 0.256 e. The van der Waals surface area contributed by atoms with E-state index < -0.39 is 0 Å². The number of hydrogen-bond donors (Lipinski definition) is 1. The van der Waals surface area contributed by atoms with Crippen molar-refractivity contribution in [3.63, 3.8) is 0 Å². The summed E-state index contributed by atoms with van der Waals surface area (Å²) in [5.41, 5.74) is 2.39. The molecule has 1 atom stereocenters. The van der Waals surface area contributed by atoms with Gasteiger partial charge in [0.2, 0.25) is 0 Å². The Hall–Kier alpha value is -2.03. The van der Waals surface area contributed by atoms with Crippen molar-refractivity contribution in [1.82, 2.24) is 0 Å². The van der Waals surface area contributed by atoms with E-state index in [-0.39, 0.29) is 11.3 Å². The van der Waals surface area contributed by atoms with Gasteiger partial charge < -0.3 is 10.1 Å². The summed E-state index contributed by atoms with van der Waals surface area (Å²) in [6, 6.07) is 7.27. The molecule has 0 aliphatic heterocycles. The molecule has 0 fully saturated rings. The quantitative estimate of drug-likeness (QED) is 0.657. The molecule has 1 aliphatic carbocycles. The summed E-state index contributed by atoms with van der Waals surface area (Å²) in [4.78, 5) is 14.0. The molecular weight excluding hydrogens is 392 g/mol. The normalized spacial score (nSPS) is 16.2. The largest absolute Gasteiger partial charge is 0.492 e. The molecule has 4 nitrogen and oxygen atoms in total. The molecule has 1 unspecified atom stereocenters. The summed E-state index contributed by atoms with van der Waals surface area (Å²) in [6.07, 6.45) is 2.92. The highest BCUT2D eigenvalue weighted by molar-refractivity contribution is 7.16. The van der Waals surface area contributed by atoms with E-state index in [2.05, 4.69) is 32.2 Å². The van der Waals surface area contributed by atoms with E-state index in [0.29, 0.717) is 39.4 Å². The average molecular weight is 417 g/mol. The van der Waals surface area contributed by atoms with E-state index in [4.69, 9.17) is 16.3 Å². The zero-order valence-electron chi connectivity index (χ0n) is 16.7. The number of rotatable bonds is 4. The Balaban J connectivity index is 1.84. The van der Waals surface area contributed by atoms with Crippen molar-refractivity contribution in [2.45, 2.75) is 47.0 Å². The Kier molecular flexibility index (Phi) is 6.02. The lowest BCUT2D eigenvalue weighted by atomic mass is 9.72. The second-order valence-corrected chi connectivity index (χ2v) is 9.67. The van der Waals surface area contributed by atoms with Crippen LogP contribution in [-0.4, -0.2) is 12.5 Å². The molecule has 0 saturated heterocycles. The van der Waals surface area contributed by atoms with Crippen LogP contribution >= 0.6 is 22.9 Å². The second-order valence-electron chi connectivity index (χ2n) is 8.16. The minimum Gasteiger partial charge on any atom is -0.492 e. The smallest absolute Gasteiger partial charge is 0.256 e. The summed E-state index contributed by atoms with van der Waals surface area (Å²) in [7, 11) is 0. The molecule has 0 radical (unpaired) electrons. The number of fused-ring (bicyclic) bond motifs is 1. The topological polar surface area (TPSA) is 62.1 Å². The lowest BCUT2D eigenvalue weighted by Gasteiger charge is -2.33. The Morgan fingerprint density at radius 1 is 1.43 bits per heavy atom. The number of nitrogens with zero attached hydrogens (tertiary/aromatic N) is 1. The van der Waals surface area contributed by atoms with Crippen LogP contribution in [0.15, 0.2) is 18.2 Å². The average Bonchev–Trinajstić information content (AvgIpc) is 2.98. The minimum absolute atomic E-state index is 0.233. The predicted octanol–water partition coefficient (Wildman–Crippen LogP) is 6.08. The monoisotopic (exact) mass is 416 g/mol. The molecule has 2 aromatic rings. The lowest BCUT2D eigenvalue weighted by Crippen LogP contribution is -2.26. The van der Waals surface area contributed by atoms with Crippen LogP contribution in [0.4, 0.5) is 5.00 Å². The van der Waals surface area contributed by atoms with Gasteiger partial charge in [-0.15, -0.1) is 11.3 Å². The van der Waals surface area contributed by atoms with Crippen molar-refractivity contribution in [3.8, 4) is 11.8 Å². The second kappa shape index (κ2) is 8.14. The maximum absolute atomic E-state index is 12.7. The van der Waals surface area contributed by atoms with Crippen molar-refractivity contribution >= 4 is 33.8 Å². The first-order chi connectivity index (χ1) is 13.2. The first kappa shape index (κ1) is 20.7. The molecule has 1 heterocycles. The zero-order valence-corrected chi connectivity index (χ0v) is 18.3. The Morgan fingerprint density at radius 3 is 2.79 bits per heavy atom. The van der Waals surface area contributed by atoms with Gasteiger partial charge in [-0.1, -0.05) is 32.4 Å². The molecule has 0 bridgehead atoms. The molecule has 0 saturated carbocycles. The number of carbonyl (C=O) groups excluding carboxylic acids is 1. The number of carbonyl (C=O) groups is 1. The fourth-order valence-electron chi connectivity index (χ4n) is 3.62. The molecule has 1 aliphatic rings. The summed E-state index contributed by atoms with van der Waals surface area (Å²) in [5, 5.41) is 13.6. The van der Waals surface area contributed by atoms with Crippen molar-refractivity contribution in [3.05, 3.63) is 44.8 Å². The highest BCUT2D eigenvalue weighted by Gasteiger charge is 2.32. The van der Waals surface area contributed by atoms with Crippen molar-refractivity contribution in [1.29, 1.82) is 5.26 Å². The van der Waals surface area contributed by atoms with Crippen LogP contribution in [0.3, 0.4) is 0 Å². The summed E-state index contributed by atoms with van der Waals surface area (Å²) in [5.74, 6) is 0.865. The summed E-state index contributed by atoms with van der Waals surface area (Å²) >= 11 is 7.73. The van der Waals surface area contributed by atoms with Crippen LogP contribution in [0.5, 0.6) is 5.75 Å². The summed E-state index contributed by atoms with van der Waals surface area (Å²) < 4.78 is 5.41. The Morgan fingerprint density at radius 2 is 2.18 bits per heavy atom. The van der Waals surface area contributed by atoms with Crippen molar-refractivity contribution in [2.75, 3.05) is 11.9 Å². The van der Waals surface area contributed by atoms with Gasteiger partial charge in [0.1, 0.15) is 16.8 Å². The molecular formula is C22H25ClN2O2S. The molecule has 1 aromatic carbocycles. The number of nitrogens with one attached hydrogen (secondary N) is 1. The van der Waals surface area contributed by atoms with E-state index in [1.807, 2.05) is 6.92 Å². The fraction of sp³-hybridized carbons (Fsp3) is 0.455. The van der Waals surface area contributed by atoms with Gasteiger partial charge in [0.25, 0.3) is 5.91 Å². The first-order valence-electron chi connectivity index (χ1n) is 9.53. The highest BCUT2D eigenvalue weighted by Crippen LogP contribution is 2.44. The van der Waals surface area contributed by atoms with Gasteiger partial charge in [-0.25, -0.2) is 0 Å². The van der Waals surface area contributed by atoms with Gasteiger partial charge in [0.15, 0.2) is 0 Å². The number of benzene rings is 1. The third kappa shape index (κ3) is 4.19. The molecule has 148 valence electrons. The molecule has 1 N–H and O–H groups in total. The van der Waals surface area contributed by atoms with Crippen LogP contribution in [0, 0.1) is 22.7 Å². The summed E-state index contributed by atoms with van der Waals surface area (Å²) in [6.45, 7) is 9.18. The van der Waals surface area contributed by atoms with Gasteiger partial charge in [0.05, 0.1) is 17.2 Å². The van der Waals surface area contributed by atoms with Crippen LogP contribution in [0.2, 0.25) is 5.02 Å². The van der Waals surface area contributed by atoms with Gasteiger partial charge in [-0.2, -0.15) is 5.26 Å². The zero-order chi connectivity index (χ0) is 20.5. The standard InChI is InChI=1S/C22H25ClN2O2S/c1-5-27-18-9-6-13(10-17(18)23)20(26)25-21-16(12-24)15-8-7-14(22(2,3)4)11-19(15)28-21/h6,9-10,14H,5,7-8,11H2,1-4H3,(H,25,26). The predicted molar refractivity (Wildman–Crippen MR) is 115 cm³/mol. The fourth-order valence-corrected chi connectivity index (χ4v) is 5.13. The molecule has 3 rings (SSSR count). The van der Waals surface area contributed by atoms with Gasteiger partial charge >= 0.3 is 0 Å². The molecule has 6 heteroatoms. The van der Waals surface area contributed by atoms with E-state index in [9.17, 15) is 10.1 Å². The Bertz CT molecular complexity index is 937. The Labute approximate surface area is 175 Å².